The first-order valence-electron chi connectivity index (χ1n) is 7.14. The summed E-state index contributed by atoms with van der Waals surface area (Å²) in [6.07, 6.45) is 3.24. The molecule has 0 aliphatic rings. The molecule has 0 aliphatic heterocycles. The van der Waals surface area contributed by atoms with Gasteiger partial charge in [-0.15, -0.1) is 0 Å². The van der Waals surface area contributed by atoms with Gasteiger partial charge in [-0.05, 0) is 58.3 Å². The molecule has 110 valence electrons. The Hall–Kier alpha value is -2.13. The van der Waals surface area contributed by atoms with Gasteiger partial charge in [0, 0.05) is 10.5 Å². The van der Waals surface area contributed by atoms with E-state index in [1.165, 1.54) is 22.2 Å². The van der Waals surface area contributed by atoms with E-state index in [4.69, 9.17) is 4.74 Å². The number of hydrogen-bond acceptors (Lipinski definition) is 2. The van der Waals surface area contributed by atoms with Gasteiger partial charge in [-0.1, -0.05) is 46.3 Å². The Bertz CT molecular complexity index is 881. The third kappa shape index (κ3) is 3.04. The summed E-state index contributed by atoms with van der Waals surface area (Å²) in [6, 6.07) is 16.7. The molecule has 0 radical (unpaired) electrons. The minimum absolute atomic E-state index is 0.314. The maximum absolute atomic E-state index is 11.4. The monoisotopic (exact) mass is 354 g/mol. The van der Waals surface area contributed by atoms with Crippen LogP contribution in [-0.2, 0) is 9.53 Å². The summed E-state index contributed by atoms with van der Waals surface area (Å²) in [6.45, 7) is 2.19. The quantitative estimate of drug-likeness (QED) is 0.361. The highest BCUT2D eigenvalue weighted by molar-refractivity contribution is 9.10. The van der Waals surface area contributed by atoms with E-state index in [2.05, 4.69) is 58.4 Å². The molecule has 3 aromatic rings. The van der Waals surface area contributed by atoms with Crippen LogP contribution in [0.1, 0.15) is 12.5 Å². The van der Waals surface area contributed by atoms with Crippen molar-refractivity contribution in [2.24, 2.45) is 0 Å². The van der Waals surface area contributed by atoms with Crippen molar-refractivity contribution < 1.29 is 9.53 Å². The zero-order valence-corrected chi connectivity index (χ0v) is 13.8. The molecule has 0 bridgehead atoms. The lowest BCUT2D eigenvalue weighted by Gasteiger charge is -2.05. The third-order valence-electron chi connectivity index (χ3n) is 3.52. The lowest BCUT2D eigenvalue weighted by Crippen LogP contribution is -1.98. The summed E-state index contributed by atoms with van der Waals surface area (Å²) >= 11 is 3.50. The van der Waals surface area contributed by atoms with E-state index in [9.17, 15) is 4.79 Å². The molecule has 2 nitrogen and oxygen atoms in total. The van der Waals surface area contributed by atoms with Gasteiger partial charge < -0.3 is 4.74 Å². The minimum Gasteiger partial charge on any atom is -0.463 e. The van der Waals surface area contributed by atoms with Gasteiger partial charge in [0.1, 0.15) is 0 Å². The first-order valence-corrected chi connectivity index (χ1v) is 7.93. The van der Waals surface area contributed by atoms with Crippen LogP contribution >= 0.6 is 15.9 Å². The molecular weight excluding hydrogens is 340 g/mol. The number of benzene rings is 3. The topological polar surface area (TPSA) is 26.3 Å². The summed E-state index contributed by atoms with van der Waals surface area (Å²) in [5, 5.41) is 4.79. The largest absolute Gasteiger partial charge is 0.463 e. The van der Waals surface area contributed by atoms with Crippen molar-refractivity contribution >= 4 is 49.5 Å². The second kappa shape index (κ2) is 6.32. The van der Waals surface area contributed by atoms with Gasteiger partial charge >= 0.3 is 5.97 Å². The highest BCUT2D eigenvalue weighted by Crippen LogP contribution is 2.28. The van der Waals surface area contributed by atoms with Crippen molar-refractivity contribution in [2.75, 3.05) is 6.61 Å². The molecule has 0 amide bonds. The maximum Gasteiger partial charge on any atom is 0.330 e. The average molecular weight is 355 g/mol. The molecule has 0 saturated carbocycles. The van der Waals surface area contributed by atoms with Gasteiger partial charge in [0.25, 0.3) is 0 Å². The molecule has 0 N–H and O–H groups in total. The van der Waals surface area contributed by atoms with E-state index in [1.54, 1.807) is 13.0 Å². The molecule has 0 atom stereocenters. The van der Waals surface area contributed by atoms with Gasteiger partial charge in [-0.25, -0.2) is 4.79 Å². The fourth-order valence-electron chi connectivity index (χ4n) is 2.52. The van der Waals surface area contributed by atoms with E-state index >= 15 is 0 Å². The van der Waals surface area contributed by atoms with Crippen molar-refractivity contribution in [1.29, 1.82) is 0 Å². The van der Waals surface area contributed by atoms with E-state index in [1.807, 2.05) is 6.07 Å². The number of esters is 1. The number of halogens is 1. The van der Waals surface area contributed by atoms with Crippen molar-refractivity contribution in [1.82, 2.24) is 0 Å². The first kappa shape index (κ1) is 14.8. The molecule has 0 spiro atoms. The number of rotatable bonds is 3. The second-order valence-corrected chi connectivity index (χ2v) is 5.91. The minimum atomic E-state index is -0.314. The summed E-state index contributed by atoms with van der Waals surface area (Å²) in [7, 11) is 0. The Kier molecular flexibility index (Phi) is 4.25. The van der Waals surface area contributed by atoms with Crippen molar-refractivity contribution in [3.05, 3.63) is 64.6 Å². The molecule has 0 saturated heterocycles. The number of carbonyl (C=O) groups excluding carboxylic acids is 1. The molecule has 3 rings (SSSR count). The highest BCUT2D eigenvalue weighted by atomic mass is 79.9. The van der Waals surface area contributed by atoms with Crippen LogP contribution in [0.15, 0.2) is 59.1 Å². The Balaban J connectivity index is 2.02. The van der Waals surface area contributed by atoms with E-state index in [0.717, 1.165) is 15.4 Å². The fourth-order valence-corrected chi connectivity index (χ4v) is 2.90. The number of carbonyl (C=O) groups is 1. The Morgan fingerprint density at radius 1 is 1.05 bits per heavy atom. The van der Waals surface area contributed by atoms with Crippen molar-refractivity contribution in [3.8, 4) is 0 Å². The van der Waals surface area contributed by atoms with Crippen molar-refractivity contribution in [2.45, 2.75) is 6.92 Å². The zero-order chi connectivity index (χ0) is 15.5. The van der Waals surface area contributed by atoms with Crippen LogP contribution in [0, 0.1) is 0 Å². The third-order valence-corrected chi connectivity index (χ3v) is 4.01. The van der Waals surface area contributed by atoms with Crippen LogP contribution in [-0.4, -0.2) is 12.6 Å². The van der Waals surface area contributed by atoms with Gasteiger partial charge in [0.2, 0.25) is 0 Å². The zero-order valence-electron chi connectivity index (χ0n) is 12.2. The average Bonchev–Trinajstić information content (AvgIpc) is 2.52. The number of ether oxygens (including phenoxy) is 1. The summed E-state index contributed by atoms with van der Waals surface area (Å²) in [5.74, 6) is -0.314. The molecule has 0 aliphatic carbocycles. The van der Waals surface area contributed by atoms with Crippen LogP contribution in [0.4, 0.5) is 0 Å². The Labute approximate surface area is 137 Å². The molecule has 0 aromatic heterocycles. The van der Waals surface area contributed by atoms with E-state index in [0.29, 0.717) is 6.61 Å². The summed E-state index contributed by atoms with van der Waals surface area (Å²) in [5.41, 5.74) is 0.983. The van der Waals surface area contributed by atoms with Crippen LogP contribution in [0.2, 0.25) is 0 Å². The first-order chi connectivity index (χ1) is 10.7. The molecule has 0 heterocycles. The van der Waals surface area contributed by atoms with E-state index in [-0.39, 0.29) is 5.97 Å². The molecule has 22 heavy (non-hydrogen) atoms. The fraction of sp³-hybridized carbons (Fsp3) is 0.105. The smallest absolute Gasteiger partial charge is 0.330 e. The lowest BCUT2D eigenvalue weighted by molar-refractivity contribution is -0.137. The number of fused-ring (bicyclic) bond motifs is 3. The Morgan fingerprint density at radius 3 is 2.45 bits per heavy atom. The SMILES string of the molecule is CCOC(=O)/C=C/c1ccc2c(ccc3cc(Br)ccc32)c1. The van der Waals surface area contributed by atoms with Crippen LogP contribution in [0.5, 0.6) is 0 Å². The molecular formula is C19H15BrO2. The molecule has 0 unspecified atom stereocenters. The molecule has 3 aromatic carbocycles. The maximum atomic E-state index is 11.4. The van der Waals surface area contributed by atoms with Crippen molar-refractivity contribution in [3.63, 3.8) is 0 Å². The summed E-state index contributed by atoms with van der Waals surface area (Å²) < 4.78 is 5.97. The predicted molar refractivity (Wildman–Crippen MR) is 94.8 cm³/mol. The molecule has 3 heteroatoms. The van der Waals surface area contributed by atoms with Gasteiger partial charge in [0.15, 0.2) is 0 Å². The standard InChI is InChI=1S/C19H15BrO2/c1-2-22-19(21)10-4-13-3-8-17-14(11-13)5-6-15-12-16(20)7-9-18(15)17/h3-12H,2H2,1H3/b10-4+. The summed E-state index contributed by atoms with van der Waals surface area (Å²) in [4.78, 5) is 11.4. The second-order valence-electron chi connectivity index (χ2n) is 5.00. The van der Waals surface area contributed by atoms with Gasteiger partial charge in [-0.3, -0.25) is 0 Å². The predicted octanol–water partition coefficient (Wildman–Crippen LogP) is 5.33. The Morgan fingerprint density at radius 2 is 1.73 bits per heavy atom. The van der Waals surface area contributed by atoms with Crippen LogP contribution in [0.3, 0.4) is 0 Å². The molecule has 0 fully saturated rings. The number of hydrogen-bond donors (Lipinski definition) is 0. The highest BCUT2D eigenvalue weighted by Gasteiger charge is 2.02. The van der Waals surface area contributed by atoms with Gasteiger partial charge in [-0.2, -0.15) is 0 Å². The van der Waals surface area contributed by atoms with E-state index < -0.39 is 0 Å². The van der Waals surface area contributed by atoms with Gasteiger partial charge in [0.05, 0.1) is 6.61 Å². The van der Waals surface area contributed by atoms with Crippen LogP contribution in [0.25, 0.3) is 27.6 Å². The van der Waals surface area contributed by atoms with Crippen LogP contribution < -0.4 is 0 Å². The lowest BCUT2D eigenvalue weighted by atomic mass is 10.00. The normalized spacial score (nSPS) is 11.4.